The van der Waals surface area contributed by atoms with E-state index >= 15 is 0 Å². The highest BCUT2D eigenvalue weighted by atomic mass is 79.9. The summed E-state index contributed by atoms with van der Waals surface area (Å²) in [6, 6.07) is 9.20. The molecule has 0 saturated carbocycles. The molecule has 2 aromatic carbocycles. The van der Waals surface area contributed by atoms with E-state index in [4.69, 9.17) is 5.73 Å². The Morgan fingerprint density at radius 2 is 1.96 bits per heavy atom. The summed E-state index contributed by atoms with van der Waals surface area (Å²) < 4.78 is 38.5. The Morgan fingerprint density at radius 1 is 1.26 bits per heavy atom. The van der Waals surface area contributed by atoms with Gasteiger partial charge in [-0.15, -0.1) is 0 Å². The zero-order chi connectivity index (χ0) is 17.2. The van der Waals surface area contributed by atoms with Gasteiger partial charge >= 0.3 is 5.51 Å². The molecule has 2 rings (SSSR count). The SMILES string of the molecule is Cc1cc(Br)c(NC(=O)c2cccc(N)c2)c(SC(F)(F)F)c1. The number of hydrogen-bond donors (Lipinski definition) is 2. The van der Waals surface area contributed by atoms with Crippen LogP contribution in [0.2, 0.25) is 0 Å². The molecule has 0 saturated heterocycles. The minimum Gasteiger partial charge on any atom is -0.399 e. The molecule has 23 heavy (non-hydrogen) atoms. The topological polar surface area (TPSA) is 55.1 Å². The van der Waals surface area contributed by atoms with Crippen molar-refractivity contribution in [3.05, 3.63) is 52.0 Å². The van der Waals surface area contributed by atoms with Crippen molar-refractivity contribution in [3.63, 3.8) is 0 Å². The molecule has 0 aliphatic rings. The van der Waals surface area contributed by atoms with E-state index in [1.165, 1.54) is 18.2 Å². The third-order valence-corrected chi connectivity index (χ3v) is 4.21. The van der Waals surface area contributed by atoms with Gasteiger partial charge in [0.05, 0.1) is 5.69 Å². The number of halogens is 4. The molecule has 2 aromatic rings. The van der Waals surface area contributed by atoms with Gasteiger partial charge < -0.3 is 11.1 Å². The Morgan fingerprint density at radius 3 is 2.57 bits per heavy atom. The van der Waals surface area contributed by atoms with Crippen molar-refractivity contribution < 1.29 is 18.0 Å². The van der Waals surface area contributed by atoms with Crippen molar-refractivity contribution in [1.82, 2.24) is 0 Å². The maximum atomic E-state index is 12.7. The number of hydrogen-bond acceptors (Lipinski definition) is 3. The van der Waals surface area contributed by atoms with Gasteiger partial charge in [0, 0.05) is 20.6 Å². The zero-order valence-corrected chi connectivity index (χ0v) is 14.3. The van der Waals surface area contributed by atoms with Gasteiger partial charge in [0.15, 0.2) is 0 Å². The van der Waals surface area contributed by atoms with Gasteiger partial charge in [-0.2, -0.15) is 13.2 Å². The highest BCUT2D eigenvalue weighted by Gasteiger charge is 2.31. The monoisotopic (exact) mass is 404 g/mol. The zero-order valence-electron chi connectivity index (χ0n) is 11.9. The Labute approximate surface area is 143 Å². The fourth-order valence-electron chi connectivity index (χ4n) is 1.90. The smallest absolute Gasteiger partial charge is 0.399 e. The molecule has 8 heteroatoms. The van der Waals surface area contributed by atoms with Crippen LogP contribution in [-0.2, 0) is 0 Å². The molecule has 0 aliphatic heterocycles. The second-order valence-electron chi connectivity index (χ2n) is 4.75. The molecule has 0 bridgehead atoms. The lowest BCUT2D eigenvalue weighted by Gasteiger charge is -2.15. The molecule has 3 N–H and O–H groups in total. The van der Waals surface area contributed by atoms with E-state index in [0.717, 1.165) is 0 Å². The minimum absolute atomic E-state index is 0.0744. The van der Waals surface area contributed by atoms with Crippen LogP contribution in [0.15, 0.2) is 45.8 Å². The van der Waals surface area contributed by atoms with Crippen LogP contribution in [0.1, 0.15) is 15.9 Å². The number of rotatable bonds is 3. The van der Waals surface area contributed by atoms with Gasteiger partial charge in [-0.05, 0) is 70.5 Å². The lowest BCUT2D eigenvalue weighted by molar-refractivity contribution is -0.0328. The fraction of sp³-hybridized carbons (Fsp3) is 0.133. The summed E-state index contributed by atoms with van der Waals surface area (Å²) in [4.78, 5) is 12.2. The van der Waals surface area contributed by atoms with Gasteiger partial charge in [0.2, 0.25) is 0 Å². The third kappa shape index (κ3) is 4.90. The number of carbonyl (C=O) groups excluding carboxylic acids is 1. The second kappa shape index (κ2) is 6.84. The van der Waals surface area contributed by atoms with E-state index in [1.807, 2.05) is 0 Å². The highest BCUT2D eigenvalue weighted by Crippen LogP contribution is 2.43. The summed E-state index contributed by atoms with van der Waals surface area (Å²) in [6.07, 6.45) is 0. The van der Waals surface area contributed by atoms with Gasteiger partial charge in [-0.1, -0.05) is 6.07 Å². The molecule has 0 spiro atoms. The van der Waals surface area contributed by atoms with Crippen LogP contribution in [0.25, 0.3) is 0 Å². The van der Waals surface area contributed by atoms with Crippen LogP contribution < -0.4 is 11.1 Å². The molecular formula is C15H12BrF3N2OS. The molecule has 0 atom stereocenters. The maximum Gasteiger partial charge on any atom is 0.446 e. The van der Waals surface area contributed by atoms with Crippen molar-refractivity contribution >= 4 is 45.0 Å². The number of benzene rings is 2. The molecular weight excluding hydrogens is 393 g/mol. The van der Waals surface area contributed by atoms with E-state index in [1.54, 1.807) is 25.1 Å². The third-order valence-electron chi connectivity index (χ3n) is 2.81. The second-order valence-corrected chi connectivity index (χ2v) is 6.71. The fourth-order valence-corrected chi connectivity index (χ4v) is 3.46. The lowest BCUT2D eigenvalue weighted by atomic mass is 10.1. The van der Waals surface area contributed by atoms with E-state index in [2.05, 4.69) is 21.2 Å². The molecule has 122 valence electrons. The van der Waals surface area contributed by atoms with Crippen molar-refractivity contribution in [1.29, 1.82) is 0 Å². The van der Waals surface area contributed by atoms with E-state index in [-0.39, 0.29) is 27.9 Å². The Hall–Kier alpha value is -1.67. The number of carbonyl (C=O) groups is 1. The Balaban J connectivity index is 2.37. The molecule has 0 heterocycles. The van der Waals surface area contributed by atoms with Gasteiger partial charge in [0.25, 0.3) is 5.91 Å². The summed E-state index contributed by atoms with van der Waals surface area (Å²) in [6.45, 7) is 1.68. The van der Waals surface area contributed by atoms with Crippen molar-refractivity contribution in [2.24, 2.45) is 0 Å². The molecule has 0 unspecified atom stereocenters. The first-order valence-corrected chi connectivity index (χ1v) is 7.99. The predicted molar refractivity (Wildman–Crippen MR) is 89.6 cm³/mol. The lowest BCUT2D eigenvalue weighted by Crippen LogP contribution is -2.14. The van der Waals surface area contributed by atoms with Crippen molar-refractivity contribution in [2.75, 3.05) is 11.1 Å². The minimum atomic E-state index is -4.45. The first kappa shape index (κ1) is 17.7. The largest absolute Gasteiger partial charge is 0.446 e. The van der Waals surface area contributed by atoms with Crippen molar-refractivity contribution in [2.45, 2.75) is 17.3 Å². The number of nitrogens with one attached hydrogen (secondary N) is 1. The summed E-state index contributed by atoms with van der Waals surface area (Å²) >= 11 is 2.93. The highest BCUT2D eigenvalue weighted by molar-refractivity contribution is 9.10. The number of alkyl halides is 3. The number of anilines is 2. The van der Waals surface area contributed by atoms with Gasteiger partial charge in [0.1, 0.15) is 0 Å². The summed E-state index contributed by atoms with van der Waals surface area (Å²) in [5, 5.41) is 2.51. The van der Waals surface area contributed by atoms with Crippen LogP contribution in [-0.4, -0.2) is 11.4 Å². The molecule has 0 aromatic heterocycles. The van der Waals surface area contributed by atoms with E-state index in [0.29, 0.717) is 15.7 Å². The summed E-state index contributed by atoms with van der Waals surface area (Å²) in [5.41, 5.74) is 2.53. The standard InChI is InChI=1S/C15H12BrF3N2OS/c1-8-5-11(16)13(12(6-8)23-15(17,18)19)21-14(22)9-3-2-4-10(20)7-9/h2-7H,20H2,1H3,(H,21,22). The van der Waals surface area contributed by atoms with Crippen LogP contribution in [0.5, 0.6) is 0 Å². The number of aryl methyl sites for hydroxylation is 1. The number of nitrogens with two attached hydrogens (primary N) is 1. The van der Waals surface area contributed by atoms with Crippen LogP contribution in [0.4, 0.5) is 24.5 Å². The van der Waals surface area contributed by atoms with Gasteiger partial charge in [-0.3, -0.25) is 4.79 Å². The van der Waals surface area contributed by atoms with Gasteiger partial charge in [-0.25, -0.2) is 0 Å². The van der Waals surface area contributed by atoms with E-state index in [9.17, 15) is 18.0 Å². The molecule has 0 aliphatic carbocycles. The molecule has 0 fully saturated rings. The summed E-state index contributed by atoms with van der Waals surface area (Å²) in [7, 11) is 0. The summed E-state index contributed by atoms with van der Waals surface area (Å²) in [5.74, 6) is -0.536. The Kier molecular flexibility index (Phi) is 5.26. The molecule has 0 radical (unpaired) electrons. The molecule has 3 nitrogen and oxygen atoms in total. The number of thioether (sulfide) groups is 1. The van der Waals surface area contributed by atoms with Crippen LogP contribution in [0, 0.1) is 6.92 Å². The molecule has 1 amide bonds. The Bertz CT molecular complexity index is 750. The number of nitrogen functional groups attached to an aromatic ring is 1. The normalized spacial score (nSPS) is 11.3. The number of amides is 1. The first-order valence-electron chi connectivity index (χ1n) is 6.38. The first-order chi connectivity index (χ1) is 10.7. The van der Waals surface area contributed by atoms with E-state index < -0.39 is 11.4 Å². The van der Waals surface area contributed by atoms with Crippen LogP contribution >= 0.6 is 27.7 Å². The van der Waals surface area contributed by atoms with Crippen LogP contribution in [0.3, 0.4) is 0 Å². The average Bonchev–Trinajstić information content (AvgIpc) is 2.40. The predicted octanol–water partition coefficient (Wildman–Crippen LogP) is 5.20. The average molecular weight is 405 g/mol. The quantitative estimate of drug-likeness (QED) is 0.545. The van der Waals surface area contributed by atoms with Crippen molar-refractivity contribution in [3.8, 4) is 0 Å². The maximum absolute atomic E-state index is 12.7.